The van der Waals surface area contributed by atoms with Crippen LogP contribution in [0.4, 0.5) is 0 Å². The lowest BCUT2D eigenvalue weighted by molar-refractivity contribution is -0.134. The minimum atomic E-state index is -0.833. The fraction of sp³-hybridized carbons (Fsp3) is 0.750. The smallest absolute Gasteiger partial charge is 0.300 e. The lowest BCUT2D eigenvalue weighted by Crippen LogP contribution is -2.23. The quantitative estimate of drug-likeness (QED) is 0.635. The van der Waals surface area contributed by atoms with Crippen molar-refractivity contribution in [2.24, 2.45) is 0 Å². The van der Waals surface area contributed by atoms with E-state index in [-0.39, 0.29) is 0 Å². The maximum absolute atomic E-state index is 10.7. The number of carboxylic acids is 1. The molecule has 0 radical (unpaired) electrons. The largest absolute Gasteiger partial charge is 0.481 e. The van der Waals surface area contributed by atoms with Crippen LogP contribution in [0, 0.1) is 0 Å². The minimum absolute atomic E-state index is 0.326. The summed E-state index contributed by atoms with van der Waals surface area (Å²) < 4.78 is 0. The molecule has 1 aliphatic heterocycles. The molecule has 1 aliphatic rings. The van der Waals surface area contributed by atoms with E-state index in [4.69, 9.17) is 9.90 Å². The predicted molar refractivity (Wildman–Crippen MR) is 44.8 cm³/mol. The molecule has 0 saturated carbocycles. The third kappa shape index (κ3) is 4.71. The van der Waals surface area contributed by atoms with Crippen LogP contribution in [0.15, 0.2) is 0 Å². The number of likely N-dealkylation sites (tertiary alicyclic amines) is 1. The second kappa shape index (κ2) is 5.57. The van der Waals surface area contributed by atoms with Gasteiger partial charge in [0, 0.05) is 26.4 Å². The maximum Gasteiger partial charge on any atom is 0.300 e. The Hall–Kier alpha value is -1.06. The highest BCUT2D eigenvalue weighted by atomic mass is 16.4. The van der Waals surface area contributed by atoms with Crippen LogP contribution in [0.3, 0.4) is 0 Å². The van der Waals surface area contributed by atoms with E-state index in [9.17, 15) is 4.79 Å². The average Bonchev–Trinajstić information content (AvgIpc) is 2.33. The lowest BCUT2D eigenvalue weighted by atomic mass is 10.4. The van der Waals surface area contributed by atoms with E-state index in [1.165, 1.54) is 0 Å². The van der Waals surface area contributed by atoms with Gasteiger partial charge >= 0.3 is 0 Å². The van der Waals surface area contributed by atoms with E-state index >= 15 is 0 Å². The maximum atomic E-state index is 10.7. The summed E-state index contributed by atoms with van der Waals surface area (Å²) in [6, 6.07) is 0. The molecule has 12 heavy (non-hydrogen) atoms. The van der Waals surface area contributed by atoms with Gasteiger partial charge in [-0.2, -0.15) is 0 Å². The number of nitrogens with zero attached hydrogens (tertiary/aromatic N) is 1. The van der Waals surface area contributed by atoms with Crippen LogP contribution in [0.1, 0.15) is 26.7 Å². The second-order valence-corrected chi connectivity index (χ2v) is 2.60. The third-order valence-corrected chi connectivity index (χ3v) is 1.55. The van der Waals surface area contributed by atoms with Crippen LogP contribution in [-0.4, -0.2) is 35.0 Å². The molecule has 1 amide bonds. The van der Waals surface area contributed by atoms with Crippen LogP contribution in [0.5, 0.6) is 0 Å². The van der Waals surface area contributed by atoms with Gasteiger partial charge in [0.05, 0.1) is 0 Å². The number of hydrogen-bond acceptors (Lipinski definition) is 2. The molecule has 0 aliphatic carbocycles. The first-order valence-corrected chi connectivity index (χ1v) is 4.05. The monoisotopic (exact) mass is 173 g/mol. The molecule has 0 aromatic carbocycles. The van der Waals surface area contributed by atoms with Crippen LogP contribution in [0.2, 0.25) is 0 Å². The Labute approximate surface area is 72.2 Å². The number of carbonyl (C=O) groups excluding carboxylic acids is 1. The topological polar surface area (TPSA) is 57.6 Å². The summed E-state index contributed by atoms with van der Waals surface area (Å²) in [6.07, 6.45) is 1.83. The molecule has 70 valence electrons. The molecule has 1 N–H and O–H groups in total. The van der Waals surface area contributed by atoms with E-state index in [2.05, 4.69) is 0 Å². The van der Waals surface area contributed by atoms with Crippen LogP contribution in [-0.2, 0) is 9.59 Å². The van der Waals surface area contributed by atoms with Gasteiger partial charge in [-0.3, -0.25) is 9.59 Å². The Bertz CT molecular complexity index is 164. The SMILES string of the molecule is CC(=O)O.CCN1CCCC1=O. The third-order valence-electron chi connectivity index (χ3n) is 1.55. The molecule has 0 spiro atoms. The Morgan fingerprint density at radius 1 is 1.67 bits per heavy atom. The summed E-state index contributed by atoms with van der Waals surface area (Å²) in [5.41, 5.74) is 0. The highest BCUT2D eigenvalue weighted by molar-refractivity contribution is 5.77. The molecule has 0 bridgehead atoms. The average molecular weight is 173 g/mol. The molecular weight excluding hydrogens is 158 g/mol. The first kappa shape index (κ1) is 10.9. The summed E-state index contributed by atoms with van der Waals surface area (Å²) in [7, 11) is 0. The highest BCUT2D eigenvalue weighted by Crippen LogP contribution is 2.07. The summed E-state index contributed by atoms with van der Waals surface area (Å²) >= 11 is 0. The van der Waals surface area contributed by atoms with Crippen molar-refractivity contribution in [2.45, 2.75) is 26.7 Å². The fourth-order valence-corrected chi connectivity index (χ4v) is 1.04. The molecule has 4 nitrogen and oxygen atoms in total. The summed E-state index contributed by atoms with van der Waals surface area (Å²) in [5.74, 6) is -0.507. The molecule has 0 aromatic heterocycles. The second-order valence-electron chi connectivity index (χ2n) is 2.60. The Morgan fingerprint density at radius 3 is 2.33 bits per heavy atom. The van der Waals surface area contributed by atoms with Crippen molar-refractivity contribution in [2.75, 3.05) is 13.1 Å². The van der Waals surface area contributed by atoms with Crippen molar-refractivity contribution in [3.8, 4) is 0 Å². The van der Waals surface area contributed by atoms with Crippen LogP contribution < -0.4 is 0 Å². The van der Waals surface area contributed by atoms with Crippen molar-refractivity contribution in [3.05, 3.63) is 0 Å². The molecule has 1 heterocycles. The summed E-state index contributed by atoms with van der Waals surface area (Å²) in [4.78, 5) is 21.6. The Morgan fingerprint density at radius 2 is 2.17 bits per heavy atom. The Balaban J connectivity index is 0.000000261. The Kier molecular flexibility index (Phi) is 5.08. The zero-order chi connectivity index (χ0) is 9.56. The van der Waals surface area contributed by atoms with Gasteiger partial charge in [0.25, 0.3) is 5.97 Å². The first-order valence-electron chi connectivity index (χ1n) is 4.05. The van der Waals surface area contributed by atoms with Crippen molar-refractivity contribution in [1.82, 2.24) is 4.90 Å². The van der Waals surface area contributed by atoms with Crippen molar-refractivity contribution in [1.29, 1.82) is 0 Å². The summed E-state index contributed by atoms with van der Waals surface area (Å²) in [6.45, 7) is 4.97. The van der Waals surface area contributed by atoms with Crippen molar-refractivity contribution in [3.63, 3.8) is 0 Å². The lowest BCUT2D eigenvalue weighted by Gasteiger charge is -2.10. The van der Waals surface area contributed by atoms with Gasteiger partial charge in [0.1, 0.15) is 0 Å². The van der Waals surface area contributed by atoms with Crippen molar-refractivity contribution >= 4 is 11.9 Å². The van der Waals surface area contributed by atoms with E-state index in [1.54, 1.807) is 0 Å². The van der Waals surface area contributed by atoms with Gasteiger partial charge in [-0.05, 0) is 13.3 Å². The van der Waals surface area contributed by atoms with Gasteiger partial charge in [0.15, 0.2) is 0 Å². The number of aliphatic carboxylic acids is 1. The fourth-order valence-electron chi connectivity index (χ4n) is 1.04. The molecule has 1 fully saturated rings. The molecule has 1 rings (SSSR count). The zero-order valence-corrected chi connectivity index (χ0v) is 7.54. The standard InChI is InChI=1S/C6H11NO.C2H4O2/c1-2-7-5-3-4-6(7)8;1-2(3)4/h2-5H2,1H3;1H3,(H,3,4). The summed E-state index contributed by atoms with van der Waals surface area (Å²) in [5, 5.41) is 7.42. The minimum Gasteiger partial charge on any atom is -0.481 e. The van der Waals surface area contributed by atoms with Crippen LogP contribution >= 0.6 is 0 Å². The zero-order valence-electron chi connectivity index (χ0n) is 7.54. The van der Waals surface area contributed by atoms with E-state index < -0.39 is 5.97 Å². The van der Waals surface area contributed by atoms with Crippen LogP contribution in [0.25, 0.3) is 0 Å². The number of amides is 1. The van der Waals surface area contributed by atoms with Gasteiger partial charge in [-0.15, -0.1) is 0 Å². The molecular formula is C8H15NO3. The normalized spacial score (nSPS) is 15.5. The van der Waals surface area contributed by atoms with E-state index in [0.29, 0.717) is 5.91 Å². The molecule has 0 atom stereocenters. The molecule has 0 unspecified atom stereocenters. The number of carboxylic acid groups (broad SMARTS) is 1. The van der Waals surface area contributed by atoms with E-state index in [0.717, 1.165) is 32.9 Å². The van der Waals surface area contributed by atoms with Gasteiger partial charge in [-0.1, -0.05) is 0 Å². The number of carbonyl (C=O) groups is 2. The van der Waals surface area contributed by atoms with E-state index in [1.807, 2.05) is 11.8 Å². The highest BCUT2D eigenvalue weighted by Gasteiger charge is 2.16. The number of rotatable bonds is 1. The molecule has 1 saturated heterocycles. The number of hydrogen-bond donors (Lipinski definition) is 1. The predicted octanol–water partition coefficient (Wildman–Crippen LogP) is 0.720. The molecule has 0 aromatic rings. The van der Waals surface area contributed by atoms with Gasteiger partial charge in [-0.25, -0.2) is 0 Å². The first-order chi connectivity index (χ1) is 5.57. The van der Waals surface area contributed by atoms with Gasteiger partial charge in [0.2, 0.25) is 5.91 Å². The van der Waals surface area contributed by atoms with Gasteiger partial charge < -0.3 is 10.0 Å². The van der Waals surface area contributed by atoms with Crippen molar-refractivity contribution < 1.29 is 14.7 Å². The molecule has 4 heteroatoms.